The lowest BCUT2D eigenvalue weighted by Gasteiger charge is -2.25. The van der Waals surface area contributed by atoms with Crippen LogP contribution in [0.3, 0.4) is 0 Å². The average Bonchev–Trinajstić information content (AvgIpc) is 3.26. The minimum Gasteiger partial charge on any atom is -0.383 e. The number of nitrogens with zero attached hydrogens (tertiary/aromatic N) is 2. The molecule has 4 rings (SSSR count). The molecule has 1 aliphatic heterocycles. The molecular weight excluding hydrogens is 352 g/mol. The summed E-state index contributed by atoms with van der Waals surface area (Å²) in [5.74, 6) is 1.25. The minimum absolute atomic E-state index is 0.201. The highest BCUT2D eigenvalue weighted by atomic mass is 16.3. The largest absolute Gasteiger partial charge is 0.383 e. The number of carbonyl (C=O) groups is 1. The van der Waals surface area contributed by atoms with Crippen LogP contribution in [0.1, 0.15) is 43.1 Å². The Morgan fingerprint density at radius 3 is 2.82 bits per heavy atom. The summed E-state index contributed by atoms with van der Waals surface area (Å²) in [7, 11) is 0. The fourth-order valence-electron chi connectivity index (χ4n) is 3.87. The van der Waals surface area contributed by atoms with E-state index in [0.717, 1.165) is 28.0 Å². The Labute approximate surface area is 164 Å². The van der Waals surface area contributed by atoms with Crippen LogP contribution in [0.15, 0.2) is 42.5 Å². The van der Waals surface area contributed by atoms with Crippen molar-refractivity contribution in [2.24, 2.45) is 0 Å². The van der Waals surface area contributed by atoms with E-state index in [9.17, 15) is 9.90 Å². The van der Waals surface area contributed by atoms with Gasteiger partial charge in [-0.1, -0.05) is 38.1 Å². The van der Waals surface area contributed by atoms with Crippen LogP contribution in [0.2, 0.25) is 0 Å². The van der Waals surface area contributed by atoms with Gasteiger partial charge in [0.25, 0.3) is 0 Å². The van der Waals surface area contributed by atoms with Crippen molar-refractivity contribution in [2.45, 2.75) is 38.7 Å². The van der Waals surface area contributed by atoms with Crippen molar-refractivity contribution in [3.8, 4) is 0 Å². The summed E-state index contributed by atoms with van der Waals surface area (Å²) >= 11 is 0. The lowest BCUT2D eigenvalue weighted by atomic mass is 9.89. The number of nitrogens with one attached hydrogen (secondary N) is 2. The maximum absolute atomic E-state index is 12.7. The molecule has 1 aromatic heterocycles. The number of aromatic amines is 1. The number of H-pyrrole nitrogens is 1. The van der Waals surface area contributed by atoms with Gasteiger partial charge in [-0.15, -0.1) is 0 Å². The Kier molecular flexibility index (Phi) is 4.59. The Balaban J connectivity index is 1.48. The highest BCUT2D eigenvalue weighted by molar-refractivity contribution is 5.92. The Morgan fingerprint density at radius 1 is 1.29 bits per heavy atom. The van der Waals surface area contributed by atoms with E-state index in [1.807, 2.05) is 49.4 Å². The summed E-state index contributed by atoms with van der Waals surface area (Å²) in [6, 6.07) is 13.3. The van der Waals surface area contributed by atoms with E-state index >= 15 is 0 Å². The third kappa shape index (κ3) is 3.36. The summed E-state index contributed by atoms with van der Waals surface area (Å²) in [5, 5.41) is 14.0. The van der Waals surface area contributed by atoms with Crippen LogP contribution in [0.25, 0.3) is 11.0 Å². The highest BCUT2D eigenvalue weighted by Crippen LogP contribution is 2.34. The number of hydrogen-bond donors (Lipinski definition) is 3. The normalized spacial score (nSPS) is 19.5. The number of hydrogen-bond acceptors (Lipinski definition) is 3. The molecule has 3 aromatic rings. The zero-order chi connectivity index (χ0) is 19.9. The lowest BCUT2D eigenvalue weighted by Crippen LogP contribution is -2.37. The minimum atomic E-state index is -0.998. The van der Waals surface area contributed by atoms with E-state index in [0.29, 0.717) is 24.6 Å². The molecule has 1 fully saturated rings. The van der Waals surface area contributed by atoms with E-state index in [2.05, 4.69) is 29.1 Å². The molecule has 3 N–H and O–H groups in total. The zero-order valence-corrected chi connectivity index (χ0v) is 16.5. The third-order valence-corrected chi connectivity index (χ3v) is 5.48. The van der Waals surface area contributed by atoms with Crippen LogP contribution in [0, 0.1) is 6.92 Å². The number of amides is 2. The van der Waals surface area contributed by atoms with Gasteiger partial charge < -0.3 is 20.3 Å². The molecule has 146 valence electrons. The number of anilines is 1. The average molecular weight is 378 g/mol. The smallest absolute Gasteiger partial charge is 0.321 e. The monoisotopic (exact) mass is 378 g/mol. The number of urea groups is 1. The summed E-state index contributed by atoms with van der Waals surface area (Å²) in [6.07, 6.45) is 0.530. The van der Waals surface area contributed by atoms with E-state index in [4.69, 9.17) is 0 Å². The molecule has 0 saturated carbocycles. The predicted molar refractivity (Wildman–Crippen MR) is 110 cm³/mol. The Bertz CT molecular complexity index is 1030. The Morgan fingerprint density at radius 2 is 2.07 bits per heavy atom. The van der Waals surface area contributed by atoms with Crippen molar-refractivity contribution >= 4 is 22.8 Å². The first-order valence-corrected chi connectivity index (χ1v) is 9.70. The molecule has 0 aliphatic carbocycles. The van der Waals surface area contributed by atoms with Crippen molar-refractivity contribution in [1.82, 2.24) is 14.9 Å². The van der Waals surface area contributed by atoms with Gasteiger partial charge in [-0.3, -0.25) is 0 Å². The maximum atomic E-state index is 12.7. The zero-order valence-electron chi connectivity index (χ0n) is 16.5. The van der Waals surface area contributed by atoms with Gasteiger partial charge in [0.2, 0.25) is 0 Å². The van der Waals surface area contributed by atoms with Gasteiger partial charge in [0, 0.05) is 18.2 Å². The number of likely N-dealkylation sites (tertiary alicyclic amines) is 1. The SMILES string of the molecule is Cc1ccccc1[C@@]1(O)CCN(C(=O)Nc2ccc3nc(C(C)C)[nH]c3c2)C1. The second-order valence-electron chi connectivity index (χ2n) is 7.96. The van der Waals surface area contributed by atoms with Gasteiger partial charge in [0.1, 0.15) is 11.4 Å². The summed E-state index contributed by atoms with van der Waals surface area (Å²) < 4.78 is 0. The molecule has 2 aromatic carbocycles. The Hall–Kier alpha value is -2.86. The van der Waals surface area contributed by atoms with Crippen LogP contribution < -0.4 is 5.32 Å². The van der Waals surface area contributed by atoms with E-state index in [1.165, 1.54) is 0 Å². The van der Waals surface area contributed by atoms with Gasteiger partial charge in [0.15, 0.2) is 0 Å². The molecule has 1 atom stereocenters. The molecule has 6 heteroatoms. The lowest BCUT2D eigenvalue weighted by molar-refractivity contribution is 0.0494. The van der Waals surface area contributed by atoms with Crippen LogP contribution in [-0.4, -0.2) is 39.1 Å². The number of benzene rings is 2. The molecule has 2 amide bonds. The number of aliphatic hydroxyl groups is 1. The van der Waals surface area contributed by atoms with Gasteiger partial charge in [-0.25, -0.2) is 9.78 Å². The van der Waals surface area contributed by atoms with E-state index in [1.54, 1.807) is 4.90 Å². The van der Waals surface area contributed by atoms with Gasteiger partial charge in [-0.2, -0.15) is 0 Å². The molecule has 0 bridgehead atoms. The van der Waals surface area contributed by atoms with Crippen molar-refractivity contribution in [1.29, 1.82) is 0 Å². The molecule has 1 aliphatic rings. The quantitative estimate of drug-likeness (QED) is 0.641. The van der Waals surface area contributed by atoms with Crippen LogP contribution in [0.5, 0.6) is 0 Å². The van der Waals surface area contributed by atoms with Crippen LogP contribution >= 0.6 is 0 Å². The number of carbonyl (C=O) groups excluding carboxylic acids is 1. The van der Waals surface area contributed by atoms with Gasteiger partial charge >= 0.3 is 6.03 Å². The first-order valence-electron chi connectivity index (χ1n) is 9.70. The molecule has 2 heterocycles. The predicted octanol–water partition coefficient (Wildman–Crippen LogP) is 4.12. The molecule has 0 unspecified atom stereocenters. The first-order chi connectivity index (χ1) is 13.4. The molecule has 1 saturated heterocycles. The first kappa shape index (κ1) is 18.5. The number of β-amino-alcohol motifs (C(OH)–C–C–N with tert-alkyl or cyclic N) is 1. The summed E-state index contributed by atoms with van der Waals surface area (Å²) in [4.78, 5) is 22.3. The number of rotatable bonds is 3. The number of imidazole rings is 1. The topological polar surface area (TPSA) is 81.2 Å². The fourth-order valence-corrected chi connectivity index (χ4v) is 3.87. The summed E-state index contributed by atoms with van der Waals surface area (Å²) in [6.45, 7) is 6.96. The van der Waals surface area contributed by atoms with Crippen molar-refractivity contribution in [3.63, 3.8) is 0 Å². The second-order valence-corrected chi connectivity index (χ2v) is 7.96. The van der Waals surface area contributed by atoms with Crippen molar-refractivity contribution in [3.05, 3.63) is 59.4 Å². The maximum Gasteiger partial charge on any atom is 0.321 e. The standard InChI is InChI=1S/C22H26N4O2/c1-14(2)20-24-18-9-8-16(12-19(18)25-20)23-21(27)26-11-10-22(28,13-26)17-7-5-4-6-15(17)3/h4-9,12,14,28H,10-11,13H2,1-3H3,(H,23,27)(H,24,25)/t22-/m1/s1. The van der Waals surface area contributed by atoms with Gasteiger partial charge in [0.05, 0.1) is 17.6 Å². The molecule has 6 nitrogen and oxygen atoms in total. The third-order valence-electron chi connectivity index (χ3n) is 5.48. The number of fused-ring (bicyclic) bond motifs is 1. The number of aromatic nitrogens is 2. The van der Waals surface area contributed by atoms with Gasteiger partial charge in [-0.05, 0) is 42.7 Å². The van der Waals surface area contributed by atoms with Crippen LogP contribution in [-0.2, 0) is 5.60 Å². The van der Waals surface area contributed by atoms with Crippen LogP contribution in [0.4, 0.5) is 10.5 Å². The molecular formula is C22H26N4O2. The highest BCUT2D eigenvalue weighted by Gasteiger charge is 2.40. The summed E-state index contributed by atoms with van der Waals surface area (Å²) in [5.41, 5.74) is 3.43. The number of aryl methyl sites for hydroxylation is 1. The fraction of sp³-hybridized carbons (Fsp3) is 0.364. The molecule has 28 heavy (non-hydrogen) atoms. The van der Waals surface area contributed by atoms with Crippen molar-refractivity contribution < 1.29 is 9.90 Å². The molecule has 0 spiro atoms. The van der Waals surface area contributed by atoms with E-state index in [-0.39, 0.29) is 12.6 Å². The van der Waals surface area contributed by atoms with E-state index < -0.39 is 5.60 Å². The molecule has 0 radical (unpaired) electrons. The van der Waals surface area contributed by atoms with Crippen molar-refractivity contribution in [2.75, 3.05) is 18.4 Å². The second kappa shape index (κ2) is 6.95.